The number of nitrogens with zero attached hydrogens (tertiary/aromatic N) is 3. The zero-order valence-electron chi connectivity index (χ0n) is 14.7. The molecule has 1 aromatic heterocycles. The smallest absolute Gasteiger partial charge is 0.317 e. The molecule has 0 radical (unpaired) electrons. The van der Waals surface area contributed by atoms with Gasteiger partial charge in [0, 0.05) is 36.8 Å². The molecule has 1 atom stereocenters. The summed E-state index contributed by atoms with van der Waals surface area (Å²) in [5, 5.41) is 8.41. The van der Waals surface area contributed by atoms with Crippen LogP contribution in [-0.2, 0) is 17.8 Å². The summed E-state index contributed by atoms with van der Waals surface area (Å²) in [6.45, 7) is 3.49. The van der Waals surface area contributed by atoms with Gasteiger partial charge in [-0.3, -0.25) is 4.68 Å². The second-order valence-electron chi connectivity index (χ2n) is 6.85. The normalized spacial score (nSPS) is 19.9. The largest absolute Gasteiger partial charge is 0.376 e. The monoisotopic (exact) mass is 374 g/mol. The number of amides is 2. The number of nitrogens with one attached hydrogen (secondary N) is 1. The van der Waals surface area contributed by atoms with Crippen LogP contribution >= 0.6 is 11.6 Å². The van der Waals surface area contributed by atoms with Gasteiger partial charge in [0.15, 0.2) is 0 Å². The van der Waals surface area contributed by atoms with E-state index in [-0.39, 0.29) is 12.1 Å². The first-order valence-electron chi connectivity index (χ1n) is 9.16. The standard InChI is InChI=1S/C19H23ClN4O2/c20-15-5-1-4-14(10-15)18-11-16-13-23(7-3-8-24(16)22-18)19(25)21-12-17-6-2-9-26-17/h1,4-5,10-11,17H,2-3,6-9,12-13H2,(H,21,25). The van der Waals surface area contributed by atoms with E-state index >= 15 is 0 Å². The molecule has 3 heterocycles. The van der Waals surface area contributed by atoms with Crippen molar-refractivity contribution in [2.75, 3.05) is 19.7 Å². The molecule has 7 heteroatoms. The van der Waals surface area contributed by atoms with Gasteiger partial charge in [0.2, 0.25) is 0 Å². The lowest BCUT2D eigenvalue weighted by molar-refractivity contribution is 0.108. The van der Waals surface area contributed by atoms with Crippen molar-refractivity contribution in [3.05, 3.63) is 41.0 Å². The molecule has 1 aromatic carbocycles. The van der Waals surface area contributed by atoms with Gasteiger partial charge >= 0.3 is 6.03 Å². The van der Waals surface area contributed by atoms with E-state index in [9.17, 15) is 4.79 Å². The molecular formula is C19H23ClN4O2. The zero-order valence-corrected chi connectivity index (χ0v) is 15.4. The van der Waals surface area contributed by atoms with Crippen molar-refractivity contribution >= 4 is 17.6 Å². The Morgan fingerprint density at radius 2 is 2.23 bits per heavy atom. The molecule has 0 saturated carbocycles. The Morgan fingerprint density at radius 1 is 1.31 bits per heavy atom. The maximum Gasteiger partial charge on any atom is 0.317 e. The van der Waals surface area contributed by atoms with E-state index in [1.54, 1.807) is 0 Å². The molecule has 1 fully saturated rings. The fraction of sp³-hybridized carbons (Fsp3) is 0.474. The van der Waals surface area contributed by atoms with E-state index in [0.29, 0.717) is 18.1 Å². The van der Waals surface area contributed by atoms with E-state index in [4.69, 9.17) is 21.4 Å². The number of rotatable bonds is 3. The second kappa shape index (κ2) is 7.68. The minimum absolute atomic E-state index is 0.0283. The number of aromatic nitrogens is 2. The van der Waals surface area contributed by atoms with E-state index in [2.05, 4.69) is 11.4 Å². The predicted octanol–water partition coefficient (Wildman–Crippen LogP) is 3.30. The lowest BCUT2D eigenvalue weighted by atomic mass is 10.1. The summed E-state index contributed by atoms with van der Waals surface area (Å²) in [7, 11) is 0. The van der Waals surface area contributed by atoms with Crippen molar-refractivity contribution in [1.82, 2.24) is 20.0 Å². The topological polar surface area (TPSA) is 59.4 Å². The third-order valence-electron chi connectivity index (χ3n) is 4.93. The Balaban J connectivity index is 1.44. The fourth-order valence-corrected chi connectivity index (χ4v) is 3.73. The van der Waals surface area contributed by atoms with E-state index in [0.717, 1.165) is 55.9 Å². The van der Waals surface area contributed by atoms with Crippen LogP contribution in [0.4, 0.5) is 4.79 Å². The SMILES string of the molecule is O=C(NCC1CCCO1)N1CCCn2nc(-c3cccc(Cl)c3)cc2C1. The summed E-state index contributed by atoms with van der Waals surface area (Å²) >= 11 is 6.09. The number of aryl methyl sites for hydroxylation is 1. The van der Waals surface area contributed by atoms with Crippen LogP contribution in [0.1, 0.15) is 25.0 Å². The van der Waals surface area contributed by atoms with Gasteiger partial charge in [-0.05, 0) is 37.5 Å². The van der Waals surface area contributed by atoms with Gasteiger partial charge in [-0.1, -0.05) is 23.7 Å². The van der Waals surface area contributed by atoms with Crippen LogP contribution in [0.25, 0.3) is 11.3 Å². The Bertz CT molecular complexity index is 786. The summed E-state index contributed by atoms with van der Waals surface area (Å²) in [4.78, 5) is 14.4. The van der Waals surface area contributed by atoms with Crippen molar-refractivity contribution in [3.63, 3.8) is 0 Å². The molecule has 1 saturated heterocycles. The highest BCUT2D eigenvalue weighted by atomic mass is 35.5. The number of fused-ring (bicyclic) bond motifs is 1. The Morgan fingerprint density at radius 3 is 3.04 bits per heavy atom. The van der Waals surface area contributed by atoms with Crippen molar-refractivity contribution in [2.24, 2.45) is 0 Å². The third-order valence-corrected chi connectivity index (χ3v) is 5.16. The molecule has 6 nitrogen and oxygen atoms in total. The second-order valence-corrected chi connectivity index (χ2v) is 7.29. The van der Waals surface area contributed by atoms with Crippen molar-refractivity contribution in [3.8, 4) is 11.3 Å². The summed E-state index contributed by atoms with van der Waals surface area (Å²) < 4.78 is 7.58. The zero-order chi connectivity index (χ0) is 17.9. The highest BCUT2D eigenvalue weighted by Gasteiger charge is 2.22. The number of halogens is 1. The maximum absolute atomic E-state index is 12.6. The average Bonchev–Trinajstić information content (AvgIpc) is 3.25. The van der Waals surface area contributed by atoms with Crippen LogP contribution in [0.5, 0.6) is 0 Å². The minimum atomic E-state index is -0.0283. The van der Waals surface area contributed by atoms with E-state index in [1.807, 2.05) is 33.8 Å². The van der Waals surface area contributed by atoms with Gasteiger partial charge in [-0.15, -0.1) is 0 Å². The van der Waals surface area contributed by atoms with Crippen molar-refractivity contribution in [2.45, 2.75) is 38.5 Å². The molecule has 26 heavy (non-hydrogen) atoms. The molecule has 0 aliphatic carbocycles. The predicted molar refractivity (Wildman–Crippen MR) is 100 cm³/mol. The van der Waals surface area contributed by atoms with Gasteiger partial charge < -0.3 is 15.0 Å². The molecule has 2 aromatic rings. The van der Waals surface area contributed by atoms with Gasteiger partial charge in [-0.25, -0.2) is 4.79 Å². The summed E-state index contributed by atoms with van der Waals surface area (Å²) in [5.74, 6) is 0. The van der Waals surface area contributed by atoms with E-state index < -0.39 is 0 Å². The molecule has 0 bridgehead atoms. The number of carbonyl (C=O) groups excluding carboxylic acids is 1. The highest BCUT2D eigenvalue weighted by Crippen LogP contribution is 2.24. The maximum atomic E-state index is 12.6. The van der Waals surface area contributed by atoms with Crippen LogP contribution in [0, 0.1) is 0 Å². The molecule has 2 aliphatic rings. The molecule has 0 spiro atoms. The van der Waals surface area contributed by atoms with Gasteiger partial charge in [0.05, 0.1) is 24.0 Å². The lowest BCUT2D eigenvalue weighted by Gasteiger charge is -2.21. The Labute approximate surface area is 158 Å². The number of benzene rings is 1. The summed E-state index contributed by atoms with van der Waals surface area (Å²) in [5.41, 5.74) is 2.93. The third kappa shape index (κ3) is 3.86. The summed E-state index contributed by atoms with van der Waals surface area (Å²) in [6, 6.07) is 9.71. The molecule has 2 amide bonds. The first-order chi connectivity index (χ1) is 12.7. The quantitative estimate of drug-likeness (QED) is 0.896. The number of hydrogen-bond acceptors (Lipinski definition) is 3. The number of urea groups is 1. The first kappa shape index (κ1) is 17.4. The number of ether oxygens (including phenoxy) is 1. The molecule has 138 valence electrons. The number of hydrogen-bond donors (Lipinski definition) is 1. The van der Waals surface area contributed by atoms with Gasteiger partial charge in [-0.2, -0.15) is 5.10 Å². The molecule has 1 N–H and O–H groups in total. The fourth-order valence-electron chi connectivity index (χ4n) is 3.54. The van der Waals surface area contributed by atoms with Crippen molar-refractivity contribution < 1.29 is 9.53 Å². The van der Waals surface area contributed by atoms with Crippen LogP contribution < -0.4 is 5.32 Å². The number of carbonyl (C=O) groups is 1. The van der Waals surface area contributed by atoms with Gasteiger partial charge in [0.25, 0.3) is 0 Å². The first-order valence-corrected chi connectivity index (χ1v) is 9.54. The Hall–Kier alpha value is -2.05. The molecule has 1 unspecified atom stereocenters. The summed E-state index contributed by atoms with van der Waals surface area (Å²) in [6.07, 6.45) is 3.15. The van der Waals surface area contributed by atoms with Crippen LogP contribution in [-0.4, -0.2) is 46.5 Å². The highest BCUT2D eigenvalue weighted by molar-refractivity contribution is 6.30. The Kier molecular flexibility index (Phi) is 5.13. The molecule has 2 aliphatic heterocycles. The molecular weight excluding hydrogens is 352 g/mol. The average molecular weight is 375 g/mol. The minimum Gasteiger partial charge on any atom is -0.376 e. The van der Waals surface area contributed by atoms with Crippen LogP contribution in [0.3, 0.4) is 0 Å². The van der Waals surface area contributed by atoms with E-state index in [1.165, 1.54) is 0 Å². The van der Waals surface area contributed by atoms with Crippen LogP contribution in [0.2, 0.25) is 5.02 Å². The van der Waals surface area contributed by atoms with Gasteiger partial charge in [0.1, 0.15) is 0 Å². The van der Waals surface area contributed by atoms with Crippen molar-refractivity contribution in [1.29, 1.82) is 0 Å². The molecule has 4 rings (SSSR count). The van der Waals surface area contributed by atoms with Crippen LogP contribution in [0.15, 0.2) is 30.3 Å². The lowest BCUT2D eigenvalue weighted by Crippen LogP contribution is -2.42.